The fraction of sp³-hybridized carbons (Fsp3) is 0.333. The van der Waals surface area contributed by atoms with Gasteiger partial charge in [-0.2, -0.15) is 9.67 Å². The first kappa shape index (κ1) is 13.6. The summed E-state index contributed by atoms with van der Waals surface area (Å²) in [5, 5.41) is 7.37. The number of nitrogens with zero attached hydrogens (tertiary/aromatic N) is 3. The third-order valence-electron chi connectivity index (χ3n) is 2.45. The second-order valence-electron chi connectivity index (χ2n) is 4.55. The second-order valence-corrected chi connectivity index (χ2v) is 4.96. The summed E-state index contributed by atoms with van der Waals surface area (Å²) in [7, 11) is 0. The van der Waals surface area contributed by atoms with E-state index in [9.17, 15) is 4.39 Å². The van der Waals surface area contributed by atoms with E-state index in [1.165, 1.54) is 16.8 Å². The molecule has 19 heavy (non-hydrogen) atoms. The van der Waals surface area contributed by atoms with Gasteiger partial charge in [0.2, 0.25) is 11.9 Å². The Kier molecular flexibility index (Phi) is 3.90. The average molecular weight is 284 g/mol. The van der Waals surface area contributed by atoms with Crippen molar-refractivity contribution >= 4 is 23.5 Å². The van der Waals surface area contributed by atoms with Crippen molar-refractivity contribution in [3.8, 4) is 5.69 Å². The van der Waals surface area contributed by atoms with Gasteiger partial charge in [-0.25, -0.2) is 4.39 Å². The number of nitrogen functional groups attached to an aromatic ring is 1. The van der Waals surface area contributed by atoms with Crippen molar-refractivity contribution in [3.63, 3.8) is 0 Å². The van der Waals surface area contributed by atoms with Gasteiger partial charge in [0.05, 0.1) is 5.02 Å². The molecule has 0 unspecified atom stereocenters. The quantitative estimate of drug-likeness (QED) is 0.905. The third kappa shape index (κ3) is 2.96. The van der Waals surface area contributed by atoms with Gasteiger partial charge < -0.3 is 11.1 Å². The van der Waals surface area contributed by atoms with Crippen LogP contribution in [0.2, 0.25) is 5.02 Å². The van der Waals surface area contributed by atoms with Crippen molar-refractivity contribution in [2.45, 2.75) is 13.8 Å². The minimum atomic E-state index is -0.500. The van der Waals surface area contributed by atoms with Crippen LogP contribution in [-0.2, 0) is 0 Å². The molecular weight excluding hydrogens is 269 g/mol. The number of hydrogen-bond acceptors (Lipinski definition) is 4. The molecule has 2 aromatic rings. The van der Waals surface area contributed by atoms with Gasteiger partial charge in [-0.1, -0.05) is 31.5 Å². The summed E-state index contributed by atoms with van der Waals surface area (Å²) in [6, 6.07) is 4.39. The second kappa shape index (κ2) is 5.44. The van der Waals surface area contributed by atoms with Gasteiger partial charge in [0.15, 0.2) is 5.82 Å². The molecule has 0 aliphatic rings. The maximum atomic E-state index is 13.8. The van der Waals surface area contributed by atoms with Crippen molar-refractivity contribution in [3.05, 3.63) is 29.0 Å². The van der Waals surface area contributed by atoms with Crippen LogP contribution in [-0.4, -0.2) is 21.3 Å². The maximum absolute atomic E-state index is 13.8. The number of para-hydroxylation sites is 1. The van der Waals surface area contributed by atoms with Crippen LogP contribution in [0.1, 0.15) is 13.8 Å². The molecule has 0 atom stereocenters. The van der Waals surface area contributed by atoms with E-state index in [2.05, 4.69) is 29.2 Å². The number of benzene rings is 1. The van der Waals surface area contributed by atoms with E-state index in [0.29, 0.717) is 18.4 Å². The molecule has 1 aromatic carbocycles. The smallest absolute Gasteiger partial charge is 0.244 e. The average Bonchev–Trinajstić information content (AvgIpc) is 2.68. The van der Waals surface area contributed by atoms with E-state index < -0.39 is 5.82 Å². The molecule has 0 spiro atoms. The monoisotopic (exact) mass is 283 g/mol. The SMILES string of the molecule is CC(C)CNc1nc(N)n(-c2c(F)cccc2Cl)n1. The lowest BCUT2D eigenvalue weighted by molar-refractivity contribution is 0.612. The first-order valence-electron chi connectivity index (χ1n) is 5.90. The van der Waals surface area contributed by atoms with E-state index in [1.807, 2.05) is 0 Å². The number of rotatable bonds is 4. The predicted octanol–water partition coefficient (Wildman–Crippen LogP) is 2.71. The molecule has 0 fully saturated rings. The summed E-state index contributed by atoms with van der Waals surface area (Å²) in [6.45, 7) is 4.82. The summed E-state index contributed by atoms with van der Waals surface area (Å²) in [5.41, 5.74) is 5.85. The molecule has 1 heterocycles. The third-order valence-corrected chi connectivity index (χ3v) is 2.75. The number of anilines is 2. The Balaban J connectivity index is 2.35. The number of nitrogens with two attached hydrogens (primary N) is 1. The highest BCUT2D eigenvalue weighted by molar-refractivity contribution is 6.32. The first-order chi connectivity index (χ1) is 8.99. The van der Waals surface area contributed by atoms with Gasteiger partial charge in [-0.3, -0.25) is 0 Å². The summed E-state index contributed by atoms with van der Waals surface area (Å²) in [5.74, 6) is 0.369. The van der Waals surface area contributed by atoms with Gasteiger partial charge in [-0.05, 0) is 18.1 Å². The van der Waals surface area contributed by atoms with Crippen molar-refractivity contribution in [1.82, 2.24) is 14.8 Å². The molecule has 5 nitrogen and oxygen atoms in total. The minimum absolute atomic E-state index is 0.0817. The van der Waals surface area contributed by atoms with E-state index >= 15 is 0 Å². The molecule has 0 aliphatic heterocycles. The molecule has 2 rings (SSSR count). The Morgan fingerprint density at radius 2 is 2.21 bits per heavy atom. The fourth-order valence-electron chi connectivity index (χ4n) is 1.55. The molecule has 3 N–H and O–H groups in total. The van der Waals surface area contributed by atoms with E-state index in [4.69, 9.17) is 17.3 Å². The Labute approximate surface area is 115 Å². The van der Waals surface area contributed by atoms with Gasteiger partial charge >= 0.3 is 0 Å². The topological polar surface area (TPSA) is 68.8 Å². The first-order valence-corrected chi connectivity index (χ1v) is 6.27. The van der Waals surface area contributed by atoms with Gasteiger partial charge in [0.1, 0.15) is 5.69 Å². The Morgan fingerprint density at radius 1 is 1.47 bits per heavy atom. The molecular formula is C12H15ClFN5. The lowest BCUT2D eigenvalue weighted by atomic mass is 10.2. The number of hydrogen-bond donors (Lipinski definition) is 2. The molecule has 0 aliphatic carbocycles. The molecule has 102 valence electrons. The van der Waals surface area contributed by atoms with Gasteiger partial charge in [0, 0.05) is 6.54 Å². The van der Waals surface area contributed by atoms with E-state index in [0.717, 1.165) is 0 Å². The van der Waals surface area contributed by atoms with Crippen LogP contribution in [0.5, 0.6) is 0 Å². The zero-order valence-corrected chi connectivity index (χ0v) is 11.4. The van der Waals surface area contributed by atoms with Crippen molar-refractivity contribution < 1.29 is 4.39 Å². The van der Waals surface area contributed by atoms with Crippen LogP contribution in [0, 0.1) is 11.7 Å². The highest BCUT2D eigenvalue weighted by atomic mass is 35.5. The zero-order valence-electron chi connectivity index (χ0n) is 10.7. The Bertz CT molecular complexity index is 561. The van der Waals surface area contributed by atoms with E-state index in [1.54, 1.807) is 6.07 Å². The molecule has 0 saturated carbocycles. The van der Waals surface area contributed by atoms with Crippen molar-refractivity contribution in [2.24, 2.45) is 5.92 Å². The molecule has 1 aromatic heterocycles. The largest absolute Gasteiger partial charge is 0.368 e. The normalized spacial score (nSPS) is 11.0. The molecule has 0 saturated heterocycles. The van der Waals surface area contributed by atoms with Crippen molar-refractivity contribution in [1.29, 1.82) is 0 Å². The number of nitrogens with one attached hydrogen (secondary N) is 1. The van der Waals surface area contributed by atoms with Crippen LogP contribution in [0.4, 0.5) is 16.3 Å². The number of aromatic nitrogens is 3. The summed E-state index contributed by atoms with van der Waals surface area (Å²) < 4.78 is 15.0. The van der Waals surface area contributed by atoms with Crippen molar-refractivity contribution in [2.75, 3.05) is 17.6 Å². The predicted molar refractivity (Wildman–Crippen MR) is 74.1 cm³/mol. The fourth-order valence-corrected chi connectivity index (χ4v) is 1.79. The molecule has 0 amide bonds. The lowest BCUT2D eigenvalue weighted by Gasteiger charge is -2.06. The van der Waals surface area contributed by atoms with E-state index in [-0.39, 0.29) is 16.7 Å². The number of halogens is 2. The van der Waals surface area contributed by atoms with Gasteiger partial charge in [0.25, 0.3) is 0 Å². The lowest BCUT2D eigenvalue weighted by Crippen LogP contribution is -2.09. The molecule has 0 bridgehead atoms. The zero-order chi connectivity index (χ0) is 14.0. The summed E-state index contributed by atoms with van der Waals surface area (Å²) in [4.78, 5) is 4.03. The molecule has 0 radical (unpaired) electrons. The van der Waals surface area contributed by atoms with Crippen LogP contribution in [0.3, 0.4) is 0 Å². The minimum Gasteiger partial charge on any atom is -0.368 e. The van der Waals surface area contributed by atoms with Gasteiger partial charge in [-0.15, -0.1) is 5.10 Å². The van der Waals surface area contributed by atoms with Crippen LogP contribution < -0.4 is 11.1 Å². The molecule has 7 heteroatoms. The highest BCUT2D eigenvalue weighted by Gasteiger charge is 2.15. The maximum Gasteiger partial charge on any atom is 0.244 e. The summed E-state index contributed by atoms with van der Waals surface area (Å²) in [6.07, 6.45) is 0. The standard InChI is InChI=1S/C12H15ClFN5/c1-7(2)6-16-12-17-11(15)19(18-12)10-8(13)4-3-5-9(10)14/h3-5,7H,6H2,1-2H3,(H3,15,16,17,18). The summed E-state index contributed by atoms with van der Waals surface area (Å²) >= 11 is 5.97. The Morgan fingerprint density at radius 3 is 2.84 bits per heavy atom. The Hall–Kier alpha value is -1.82. The van der Waals surface area contributed by atoms with Crippen LogP contribution >= 0.6 is 11.6 Å². The van der Waals surface area contributed by atoms with Crippen LogP contribution in [0.15, 0.2) is 18.2 Å². The van der Waals surface area contributed by atoms with Crippen LogP contribution in [0.25, 0.3) is 5.69 Å². The highest BCUT2D eigenvalue weighted by Crippen LogP contribution is 2.25.